The Morgan fingerprint density at radius 1 is 1.20 bits per heavy atom. The predicted octanol–water partition coefficient (Wildman–Crippen LogP) is 3.93. The van der Waals surface area contributed by atoms with Gasteiger partial charge in [0, 0.05) is 18.2 Å². The fourth-order valence-corrected chi connectivity index (χ4v) is 1.86. The molecule has 0 fully saturated rings. The van der Waals surface area contributed by atoms with Crippen molar-refractivity contribution in [3.8, 4) is 5.88 Å². The highest BCUT2D eigenvalue weighted by molar-refractivity contribution is 5.44. The molecule has 0 spiro atoms. The molecule has 0 aliphatic carbocycles. The minimum atomic E-state index is -0.585. The summed E-state index contributed by atoms with van der Waals surface area (Å²) in [5.74, 6) is -0.626. The summed E-state index contributed by atoms with van der Waals surface area (Å²) in [4.78, 5) is 4.12. The molecule has 2 rings (SSSR count). The van der Waals surface area contributed by atoms with Crippen LogP contribution in [0.2, 0.25) is 0 Å². The Labute approximate surface area is 116 Å². The van der Waals surface area contributed by atoms with Crippen LogP contribution in [0.4, 0.5) is 14.5 Å². The van der Waals surface area contributed by atoms with E-state index in [9.17, 15) is 8.78 Å². The van der Waals surface area contributed by atoms with Crippen molar-refractivity contribution in [3.05, 3.63) is 53.7 Å². The fourth-order valence-electron chi connectivity index (χ4n) is 1.86. The molecule has 3 nitrogen and oxygen atoms in total. The second kappa shape index (κ2) is 6.32. The van der Waals surface area contributed by atoms with E-state index >= 15 is 0 Å². The summed E-state index contributed by atoms with van der Waals surface area (Å²) in [5.41, 5.74) is 1.29. The molecule has 1 N–H and O–H groups in total. The third-order valence-electron chi connectivity index (χ3n) is 2.80. The van der Waals surface area contributed by atoms with Crippen molar-refractivity contribution in [3.63, 3.8) is 0 Å². The van der Waals surface area contributed by atoms with Crippen molar-refractivity contribution in [2.24, 2.45) is 0 Å². The standard InChI is InChI=1S/C15H16F2N2O/c1-3-20-15-5-4-14(9-18-15)19-10(2)11-6-12(16)8-13(17)7-11/h4-10,19H,3H2,1-2H3. The normalized spacial score (nSPS) is 12.0. The van der Waals surface area contributed by atoms with Crippen molar-refractivity contribution in [1.29, 1.82) is 0 Å². The molecule has 1 unspecified atom stereocenters. The van der Waals surface area contributed by atoms with Crippen molar-refractivity contribution < 1.29 is 13.5 Å². The lowest BCUT2D eigenvalue weighted by molar-refractivity contribution is 0.327. The lowest BCUT2D eigenvalue weighted by Gasteiger charge is -2.16. The minimum absolute atomic E-state index is 0.236. The number of ether oxygens (including phenoxy) is 1. The molecule has 0 saturated heterocycles. The lowest BCUT2D eigenvalue weighted by atomic mass is 10.1. The smallest absolute Gasteiger partial charge is 0.213 e. The van der Waals surface area contributed by atoms with Crippen molar-refractivity contribution in [2.75, 3.05) is 11.9 Å². The number of aromatic nitrogens is 1. The second-order valence-corrected chi connectivity index (χ2v) is 4.39. The molecule has 0 amide bonds. The summed E-state index contributed by atoms with van der Waals surface area (Å²) in [5, 5.41) is 3.13. The highest BCUT2D eigenvalue weighted by Crippen LogP contribution is 2.21. The lowest BCUT2D eigenvalue weighted by Crippen LogP contribution is -2.07. The molecular weight excluding hydrogens is 262 g/mol. The molecule has 5 heteroatoms. The van der Waals surface area contributed by atoms with Gasteiger partial charge in [-0.1, -0.05) is 0 Å². The molecule has 0 aliphatic rings. The first-order valence-corrected chi connectivity index (χ1v) is 6.40. The maximum Gasteiger partial charge on any atom is 0.213 e. The van der Waals surface area contributed by atoms with Crippen molar-refractivity contribution in [2.45, 2.75) is 19.9 Å². The van der Waals surface area contributed by atoms with Crippen LogP contribution in [0.25, 0.3) is 0 Å². The number of halogens is 2. The van der Waals surface area contributed by atoms with E-state index in [1.54, 1.807) is 12.3 Å². The van der Waals surface area contributed by atoms with Gasteiger partial charge in [-0.05, 0) is 37.6 Å². The number of anilines is 1. The number of nitrogens with zero attached hydrogens (tertiary/aromatic N) is 1. The average Bonchev–Trinajstić information content (AvgIpc) is 2.40. The van der Waals surface area contributed by atoms with Gasteiger partial charge in [0.1, 0.15) is 11.6 Å². The zero-order valence-electron chi connectivity index (χ0n) is 11.4. The summed E-state index contributed by atoms with van der Waals surface area (Å²) in [7, 11) is 0. The Hall–Kier alpha value is -2.17. The van der Waals surface area contributed by atoms with Gasteiger partial charge in [-0.2, -0.15) is 0 Å². The van der Waals surface area contributed by atoms with Crippen LogP contribution in [-0.2, 0) is 0 Å². The highest BCUT2D eigenvalue weighted by Gasteiger charge is 2.09. The van der Waals surface area contributed by atoms with Crippen LogP contribution in [-0.4, -0.2) is 11.6 Å². The van der Waals surface area contributed by atoms with Gasteiger partial charge >= 0.3 is 0 Å². The molecule has 0 aliphatic heterocycles. The van der Waals surface area contributed by atoms with Gasteiger partial charge in [-0.25, -0.2) is 13.8 Å². The van der Waals surface area contributed by atoms with Crippen LogP contribution in [0.5, 0.6) is 5.88 Å². The minimum Gasteiger partial charge on any atom is -0.478 e. The zero-order valence-corrected chi connectivity index (χ0v) is 11.4. The first-order valence-electron chi connectivity index (χ1n) is 6.40. The molecule has 0 radical (unpaired) electrons. The van der Waals surface area contributed by atoms with Gasteiger partial charge in [0.25, 0.3) is 0 Å². The number of hydrogen-bond acceptors (Lipinski definition) is 3. The molecule has 0 saturated carbocycles. The van der Waals surface area contributed by atoms with Crippen LogP contribution >= 0.6 is 0 Å². The summed E-state index contributed by atoms with van der Waals surface area (Å²) < 4.78 is 31.6. The number of hydrogen-bond donors (Lipinski definition) is 1. The number of pyridine rings is 1. The van der Waals surface area contributed by atoms with Gasteiger partial charge < -0.3 is 10.1 Å². The van der Waals surface area contributed by atoms with Crippen molar-refractivity contribution >= 4 is 5.69 Å². The van der Waals surface area contributed by atoms with Crippen LogP contribution < -0.4 is 10.1 Å². The second-order valence-electron chi connectivity index (χ2n) is 4.39. The quantitative estimate of drug-likeness (QED) is 0.899. The summed E-state index contributed by atoms with van der Waals surface area (Å²) in [6, 6.07) is 6.79. The Morgan fingerprint density at radius 2 is 1.90 bits per heavy atom. The van der Waals surface area contributed by atoms with Gasteiger partial charge in [-0.15, -0.1) is 0 Å². The van der Waals surface area contributed by atoms with Crippen LogP contribution in [0, 0.1) is 11.6 Å². The van der Waals surface area contributed by atoms with E-state index in [-0.39, 0.29) is 6.04 Å². The molecule has 1 aromatic carbocycles. The zero-order chi connectivity index (χ0) is 14.5. The molecule has 0 bridgehead atoms. The fraction of sp³-hybridized carbons (Fsp3) is 0.267. The number of benzene rings is 1. The Morgan fingerprint density at radius 3 is 2.45 bits per heavy atom. The van der Waals surface area contributed by atoms with Crippen LogP contribution in [0.3, 0.4) is 0 Å². The van der Waals surface area contributed by atoms with Gasteiger partial charge in [0.2, 0.25) is 5.88 Å². The molecule has 1 heterocycles. The van der Waals surface area contributed by atoms with Gasteiger partial charge in [-0.3, -0.25) is 0 Å². The molecule has 20 heavy (non-hydrogen) atoms. The van der Waals surface area contributed by atoms with E-state index in [1.165, 1.54) is 12.1 Å². The molecule has 1 aromatic heterocycles. The average molecular weight is 278 g/mol. The van der Waals surface area contributed by atoms with E-state index in [1.807, 2.05) is 19.9 Å². The van der Waals surface area contributed by atoms with E-state index in [0.717, 1.165) is 11.8 Å². The predicted molar refractivity (Wildman–Crippen MR) is 73.8 cm³/mol. The molecule has 2 aromatic rings. The molecular formula is C15H16F2N2O. The van der Waals surface area contributed by atoms with Gasteiger partial charge in [0.05, 0.1) is 18.5 Å². The van der Waals surface area contributed by atoms with Crippen LogP contribution in [0.15, 0.2) is 36.5 Å². The third-order valence-corrected chi connectivity index (χ3v) is 2.80. The summed E-state index contributed by atoms with van der Waals surface area (Å²) in [6.45, 7) is 4.26. The third kappa shape index (κ3) is 3.66. The topological polar surface area (TPSA) is 34.1 Å². The van der Waals surface area contributed by atoms with Crippen molar-refractivity contribution in [1.82, 2.24) is 4.98 Å². The molecule has 106 valence electrons. The van der Waals surface area contributed by atoms with Crippen LogP contribution in [0.1, 0.15) is 25.5 Å². The maximum absolute atomic E-state index is 13.2. The highest BCUT2D eigenvalue weighted by atomic mass is 19.1. The van der Waals surface area contributed by atoms with E-state index in [4.69, 9.17) is 4.74 Å². The first kappa shape index (κ1) is 14.2. The van der Waals surface area contributed by atoms with E-state index < -0.39 is 11.6 Å². The largest absolute Gasteiger partial charge is 0.478 e. The van der Waals surface area contributed by atoms with Gasteiger partial charge in [0.15, 0.2) is 0 Å². The first-order chi connectivity index (χ1) is 9.58. The number of nitrogens with one attached hydrogen (secondary N) is 1. The Balaban J connectivity index is 2.08. The van der Waals surface area contributed by atoms with E-state index in [0.29, 0.717) is 18.1 Å². The van der Waals surface area contributed by atoms with E-state index in [2.05, 4.69) is 10.3 Å². The Bertz CT molecular complexity index is 552. The number of rotatable bonds is 5. The summed E-state index contributed by atoms with van der Waals surface area (Å²) >= 11 is 0. The molecule has 1 atom stereocenters. The monoisotopic (exact) mass is 278 g/mol. The SMILES string of the molecule is CCOc1ccc(NC(C)c2cc(F)cc(F)c2)cn1. The Kier molecular flexibility index (Phi) is 4.50. The summed E-state index contributed by atoms with van der Waals surface area (Å²) in [6.07, 6.45) is 1.62. The maximum atomic E-state index is 13.2.